The zero-order valence-electron chi connectivity index (χ0n) is 16.4. The highest BCUT2D eigenvalue weighted by atomic mass is 19.3. The number of aromatic nitrogens is 4. The summed E-state index contributed by atoms with van der Waals surface area (Å²) in [6.07, 6.45) is 7.25. The number of carbonyl (C=O) groups excluding carboxylic acids is 1. The average molecular weight is 421 g/mol. The topological polar surface area (TPSA) is 120 Å². The number of nitrogens with one attached hydrogen (secondary N) is 2. The number of nitrogens with zero attached hydrogens (tertiary/aromatic N) is 4. The summed E-state index contributed by atoms with van der Waals surface area (Å²) in [5.74, 6) is -1.34. The summed E-state index contributed by atoms with van der Waals surface area (Å²) >= 11 is 0. The van der Waals surface area contributed by atoms with Gasteiger partial charge in [-0.15, -0.1) is 0 Å². The zero-order chi connectivity index (χ0) is 21.1. The number of alkyl halides is 2. The van der Waals surface area contributed by atoms with Crippen LogP contribution in [0.2, 0.25) is 0 Å². The van der Waals surface area contributed by atoms with Crippen LogP contribution in [0.5, 0.6) is 0 Å². The second-order valence-corrected chi connectivity index (χ2v) is 7.90. The molecule has 4 N–H and O–H groups in total. The van der Waals surface area contributed by atoms with Crippen molar-refractivity contribution in [1.82, 2.24) is 25.1 Å². The number of anilines is 2. The first-order valence-corrected chi connectivity index (χ1v) is 10.1. The van der Waals surface area contributed by atoms with Crippen molar-refractivity contribution >= 4 is 17.6 Å². The van der Waals surface area contributed by atoms with Gasteiger partial charge >= 0.3 is 6.09 Å². The van der Waals surface area contributed by atoms with Crippen LogP contribution >= 0.6 is 0 Å². The number of rotatable bonds is 7. The van der Waals surface area contributed by atoms with E-state index in [4.69, 9.17) is 10.5 Å². The van der Waals surface area contributed by atoms with E-state index in [2.05, 4.69) is 25.7 Å². The van der Waals surface area contributed by atoms with Gasteiger partial charge in [0.1, 0.15) is 11.9 Å². The molecule has 2 aromatic heterocycles. The second kappa shape index (κ2) is 8.50. The van der Waals surface area contributed by atoms with E-state index in [0.717, 1.165) is 25.7 Å². The van der Waals surface area contributed by atoms with Crippen LogP contribution in [0, 0.1) is 0 Å². The molecule has 0 saturated heterocycles. The highest BCUT2D eigenvalue weighted by molar-refractivity contribution is 5.64. The molecule has 0 radical (unpaired) electrons. The van der Waals surface area contributed by atoms with Gasteiger partial charge in [-0.05, 0) is 25.7 Å². The molecular formula is C19H25F2N7O2. The predicted octanol–water partition coefficient (Wildman–Crippen LogP) is 2.88. The summed E-state index contributed by atoms with van der Waals surface area (Å²) in [5, 5.41) is 10.8. The van der Waals surface area contributed by atoms with Gasteiger partial charge in [0.15, 0.2) is 5.82 Å². The van der Waals surface area contributed by atoms with Crippen LogP contribution in [0.25, 0.3) is 0 Å². The van der Waals surface area contributed by atoms with Gasteiger partial charge in [0.05, 0.1) is 30.7 Å². The molecule has 2 fully saturated rings. The van der Waals surface area contributed by atoms with Gasteiger partial charge in [-0.3, -0.25) is 4.68 Å². The third-order valence-corrected chi connectivity index (χ3v) is 5.53. The van der Waals surface area contributed by atoms with Crippen LogP contribution in [0.4, 0.5) is 25.1 Å². The summed E-state index contributed by atoms with van der Waals surface area (Å²) in [7, 11) is 0. The van der Waals surface area contributed by atoms with E-state index < -0.39 is 12.0 Å². The quantitative estimate of drug-likeness (QED) is 0.629. The van der Waals surface area contributed by atoms with Gasteiger partial charge in [-0.1, -0.05) is 0 Å². The van der Waals surface area contributed by atoms with Crippen molar-refractivity contribution in [3.05, 3.63) is 30.5 Å². The lowest BCUT2D eigenvalue weighted by Gasteiger charge is -2.34. The van der Waals surface area contributed by atoms with E-state index in [0.29, 0.717) is 29.9 Å². The number of hydrogen-bond donors (Lipinski definition) is 3. The Bertz CT molecular complexity index is 858. The number of ether oxygens (including phenoxy) is 1. The predicted molar refractivity (Wildman–Crippen MR) is 104 cm³/mol. The first kappa shape index (κ1) is 20.5. The number of nitrogens with two attached hydrogens (primary N) is 1. The molecule has 0 aliphatic heterocycles. The van der Waals surface area contributed by atoms with E-state index in [1.807, 2.05) is 0 Å². The van der Waals surface area contributed by atoms with Crippen molar-refractivity contribution in [2.24, 2.45) is 5.73 Å². The smallest absolute Gasteiger partial charge is 0.404 e. The van der Waals surface area contributed by atoms with Crippen LogP contribution in [0.1, 0.15) is 50.4 Å². The standard InChI is InChI=1S/C19H25F2N7O2/c20-19(21)7-14(8-19)28-6-5-16(27-28)26-13-9-24-17(25-10-13)11-23-12-1-3-15(4-2-12)30-18(22)29/h5-6,9-10,12,14-15,23H,1-4,7-8,11H2,(H2,22,29)(H,26,27). The highest BCUT2D eigenvalue weighted by Gasteiger charge is 2.46. The summed E-state index contributed by atoms with van der Waals surface area (Å²) in [6.45, 7) is 0.539. The molecule has 2 aromatic rings. The van der Waals surface area contributed by atoms with Crippen LogP contribution in [-0.2, 0) is 11.3 Å². The fourth-order valence-corrected chi connectivity index (χ4v) is 3.87. The molecular weight excluding hydrogens is 396 g/mol. The Morgan fingerprint density at radius 2 is 1.93 bits per heavy atom. The van der Waals surface area contributed by atoms with Crippen molar-refractivity contribution in [2.45, 2.75) is 69.2 Å². The van der Waals surface area contributed by atoms with Gasteiger partial charge in [-0.2, -0.15) is 5.10 Å². The van der Waals surface area contributed by atoms with Crippen LogP contribution in [-0.4, -0.2) is 43.9 Å². The Labute approximate surface area is 172 Å². The minimum Gasteiger partial charge on any atom is -0.446 e. The normalized spacial score (nSPS) is 23.5. The molecule has 0 unspecified atom stereocenters. The molecule has 0 bridgehead atoms. The molecule has 162 valence electrons. The minimum absolute atomic E-state index is 0.0913. The van der Waals surface area contributed by atoms with Crippen LogP contribution in [0.3, 0.4) is 0 Å². The van der Waals surface area contributed by atoms with Gasteiger partial charge in [0, 0.05) is 31.1 Å². The highest BCUT2D eigenvalue weighted by Crippen LogP contribution is 2.45. The maximum atomic E-state index is 13.0. The molecule has 2 saturated carbocycles. The first-order chi connectivity index (χ1) is 14.4. The minimum atomic E-state index is -2.57. The van der Waals surface area contributed by atoms with Gasteiger partial charge in [0.25, 0.3) is 5.92 Å². The molecule has 9 nitrogen and oxygen atoms in total. The summed E-state index contributed by atoms with van der Waals surface area (Å²) in [6, 6.07) is 1.81. The molecule has 1 amide bonds. The molecule has 2 aliphatic rings. The molecule has 2 heterocycles. The maximum Gasteiger partial charge on any atom is 0.404 e. The van der Waals surface area contributed by atoms with Crippen molar-refractivity contribution in [3.63, 3.8) is 0 Å². The van der Waals surface area contributed by atoms with E-state index in [-0.39, 0.29) is 25.0 Å². The van der Waals surface area contributed by atoms with Gasteiger partial charge in [-0.25, -0.2) is 23.5 Å². The van der Waals surface area contributed by atoms with Gasteiger partial charge < -0.3 is 21.1 Å². The van der Waals surface area contributed by atoms with Crippen molar-refractivity contribution in [1.29, 1.82) is 0 Å². The van der Waals surface area contributed by atoms with Crippen LogP contribution < -0.4 is 16.4 Å². The summed E-state index contributed by atoms with van der Waals surface area (Å²) in [5.41, 5.74) is 5.73. The number of hydrogen-bond acceptors (Lipinski definition) is 7. The monoisotopic (exact) mass is 421 g/mol. The second-order valence-electron chi connectivity index (χ2n) is 7.90. The molecule has 0 atom stereocenters. The molecule has 30 heavy (non-hydrogen) atoms. The summed E-state index contributed by atoms with van der Waals surface area (Å²) in [4.78, 5) is 19.5. The third kappa shape index (κ3) is 5.21. The van der Waals surface area contributed by atoms with Crippen molar-refractivity contribution in [3.8, 4) is 0 Å². The lowest BCUT2D eigenvalue weighted by molar-refractivity contribution is -0.106. The van der Waals surface area contributed by atoms with Gasteiger partial charge in [0.2, 0.25) is 0 Å². The SMILES string of the molecule is NC(=O)OC1CCC(NCc2ncc(Nc3ccn(C4CC(F)(F)C4)n3)cn2)CC1. The number of halogens is 2. The number of amides is 1. The molecule has 4 rings (SSSR count). The van der Waals surface area contributed by atoms with Crippen molar-refractivity contribution in [2.75, 3.05) is 5.32 Å². The van der Waals surface area contributed by atoms with Crippen molar-refractivity contribution < 1.29 is 18.3 Å². The average Bonchev–Trinajstić information content (AvgIpc) is 3.14. The zero-order valence-corrected chi connectivity index (χ0v) is 16.4. The lowest BCUT2D eigenvalue weighted by atomic mass is 9.88. The maximum absolute atomic E-state index is 13.0. The Morgan fingerprint density at radius 3 is 2.57 bits per heavy atom. The van der Waals surface area contributed by atoms with E-state index in [1.165, 1.54) is 0 Å². The number of carbonyl (C=O) groups is 1. The molecule has 11 heteroatoms. The molecule has 0 aromatic carbocycles. The Balaban J connectivity index is 1.21. The third-order valence-electron chi connectivity index (χ3n) is 5.53. The first-order valence-electron chi connectivity index (χ1n) is 10.1. The van der Waals surface area contributed by atoms with E-state index in [1.54, 1.807) is 29.3 Å². The fraction of sp³-hybridized carbons (Fsp3) is 0.579. The summed E-state index contributed by atoms with van der Waals surface area (Å²) < 4.78 is 32.6. The van der Waals surface area contributed by atoms with E-state index >= 15 is 0 Å². The lowest BCUT2D eigenvalue weighted by Crippen LogP contribution is -2.37. The fourth-order valence-electron chi connectivity index (χ4n) is 3.87. The Kier molecular flexibility index (Phi) is 5.80. The van der Waals surface area contributed by atoms with Crippen LogP contribution in [0.15, 0.2) is 24.7 Å². The Morgan fingerprint density at radius 1 is 1.23 bits per heavy atom. The molecule has 2 aliphatic carbocycles. The largest absolute Gasteiger partial charge is 0.446 e. The molecule has 0 spiro atoms. The Hall–Kier alpha value is -2.82. The number of primary amides is 1. The van der Waals surface area contributed by atoms with E-state index in [9.17, 15) is 13.6 Å².